The van der Waals surface area contributed by atoms with Crippen molar-refractivity contribution in [1.29, 1.82) is 5.26 Å². The van der Waals surface area contributed by atoms with Crippen LogP contribution in [-0.2, 0) is 5.60 Å². The first-order chi connectivity index (χ1) is 9.80. The summed E-state index contributed by atoms with van der Waals surface area (Å²) in [4.78, 5) is 0. The maximum absolute atomic E-state index is 11.6. The molecule has 2 aromatic rings. The monoisotopic (exact) mass is 343 g/mol. The van der Waals surface area contributed by atoms with Gasteiger partial charge in [0.25, 0.3) is 0 Å². The molecule has 1 N–H and O–H groups in total. The molecule has 2 aromatic carbocycles. The molecule has 0 radical (unpaired) electrons. The van der Waals surface area contributed by atoms with E-state index in [4.69, 9.17) is 5.26 Å². The Morgan fingerprint density at radius 3 is 2.19 bits per heavy atom. The zero-order valence-electron chi connectivity index (χ0n) is 12.4. The summed E-state index contributed by atoms with van der Waals surface area (Å²) in [5.74, 6) is 0. The molecule has 21 heavy (non-hydrogen) atoms. The van der Waals surface area contributed by atoms with E-state index >= 15 is 0 Å². The van der Waals surface area contributed by atoms with Crippen molar-refractivity contribution in [3.8, 4) is 6.07 Å². The SMILES string of the molecule is CC(C)(C)C(O)(c1ccccc1)c1cc(C#N)ccc1Br. The predicted octanol–water partition coefficient (Wildman–Crippen LogP) is 4.60. The fourth-order valence-electron chi connectivity index (χ4n) is 2.54. The van der Waals surface area contributed by atoms with E-state index in [9.17, 15) is 5.11 Å². The Kier molecular flexibility index (Phi) is 4.22. The molecule has 1 unspecified atom stereocenters. The van der Waals surface area contributed by atoms with Gasteiger partial charge in [-0.1, -0.05) is 67.0 Å². The van der Waals surface area contributed by atoms with Gasteiger partial charge in [-0.15, -0.1) is 0 Å². The minimum absolute atomic E-state index is 0.440. The van der Waals surface area contributed by atoms with E-state index in [-0.39, 0.29) is 0 Å². The van der Waals surface area contributed by atoms with E-state index in [1.165, 1.54) is 0 Å². The number of nitrogens with zero attached hydrogens (tertiary/aromatic N) is 1. The number of hydrogen-bond donors (Lipinski definition) is 1. The van der Waals surface area contributed by atoms with Gasteiger partial charge >= 0.3 is 0 Å². The van der Waals surface area contributed by atoms with Crippen LogP contribution in [0.1, 0.15) is 37.5 Å². The van der Waals surface area contributed by atoms with Crippen LogP contribution in [0.4, 0.5) is 0 Å². The molecule has 0 amide bonds. The maximum atomic E-state index is 11.6. The third-order valence-electron chi connectivity index (χ3n) is 3.76. The van der Waals surface area contributed by atoms with Gasteiger partial charge in [0, 0.05) is 10.0 Å². The van der Waals surface area contributed by atoms with Crippen LogP contribution >= 0.6 is 15.9 Å². The topological polar surface area (TPSA) is 44.0 Å². The highest BCUT2D eigenvalue weighted by atomic mass is 79.9. The van der Waals surface area contributed by atoms with E-state index in [1.807, 2.05) is 57.2 Å². The summed E-state index contributed by atoms with van der Waals surface area (Å²) in [5.41, 5.74) is 0.422. The van der Waals surface area contributed by atoms with Gasteiger partial charge in [-0.05, 0) is 29.2 Å². The molecule has 108 valence electrons. The van der Waals surface area contributed by atoms with Crippen LogP contribution in [0.5, 0.6) is 0 Å². The number of nitriles is 1. The molecule has 0 bridgehead atoms. The molecule has 0 aliphatic carbocycles. The zero-order chi connectivity index (χ0) is 15.7. The van der Waals surface area contributed by atoms with Gasteiger partial charge in [0.15, 0.2) is 0 Å². The Balaban J connectivity index is 2.77. The Hall–Kier alpha value is -1.63. The Morgan fingerprint density at radius 2 is 1.67 bits per heavy atom. The molecule has 0 spiro atoms. The van der Waals surface area contributed by atoms with E-state index in [0.717, 1.165) is 10.0 Å². The summed E-state index contributed by atoms with van der Waals surface area (Å²) >= 11 is 3.52. The summed E-state index contributed by atoms with van der Waals surface area (Å²) < 4.78 is 0.794. The van der Waals surface area contributed by atoms with Crippen molar-refractivity contribution in [2.45, 2.75) is 26.4 Å². The first-order valence-electron chi connectivity index (χ1n) is 6.78. The van der Waals surface area contributed by atoms with Gasteiger partial charge < -0.3 is 5.11 Å². The molecule has 0 heterocycles. The second kappa shape index (κ2) is 5.63. The minimum Gasteiger partial charge on any atom is -0.380 e. The van der Waals surface area contributed by atoms with Crippen molar-refractivity contribution in [3.63, 3.8) is 0 Å². The first-order valence-corrected chi connectivity index (χ1v) is 7.58. The molecular weight excluding hydrogens is 326 g/mol. The Bertz CT molecular complexity index is 683. The smallest absolute Gasteiger partial charge is 0.121 e. The van der Waals surface area contributed by atoms with Gasteiger partial charge in [-0.25, -0.2) is 0 Å². The molecule has 1 atom stereocenters. The zero-order valence-corrected chi connectivity index (χ0v) is 14.0. The molecule has 0 saturated carbocycles. The van der Waals surface area contributed by atoms with Gasteiger partial charge in [0.1, 0.15) is 5.60 Å². The summed E-state index contributed by atoms with van der Waals surface area (Å²) in [6.45, 7) is 5.97. The molecule has 0 fully saturated rings. The molecule has 2 rings (SSSR count). The van der Waals surface area contributed by atoms with Crippen LogP contribution in [0.25, 0.3) is 0 Å². The first kappa shape index (κ1) is 15.8. The lowest BCUT2D eigenvalue weighted by Gasteiger charge is -2.42. The standard InChI is InChI=1S/C18H18BrNO/c1-17(2,3)18(21,14-7-5-4-6-8-14)15-11-13(12-20)9-10-16(15)19/h4-11,21H,1-3H3. The lowest BCUT2D eigenvalue weighted by atomic mass is 9.68. The summed E-state index contributed by atoms with van der Waals surface area (Å²) in [7, 11) is 0. The van der Waals surface area contributed by atoms with E-state index in [2.05, 4.69) is 22.0 Å². The summed E-state index contributed by atoms with van der Waals surface area (Å²) in [6, 6.07) is 17.0. The normalized spacial score (nSPS) is 14.3. The number of hydrogen-bond acceptors (Lipinski definition) is 2. The number of halogens is 1. The van der Waals surface area contributed by atoms with Crippen molar-refractivity contribution in [2.75, 3.05) is 0 Å². The second-order valence-electron chi connectivity index (χ2n) is 6.13. The lowest BCUT2D eigenvalue weighted by Crippen LogP contribution is -2.41. The highest BCUT2D eigenvalue weighted by Gasteiger charge is 2.44. The van der Waals surface area contributed by atoms with Crippen molar-refractivity contribution < 1.29 is 5.11 Å². The van der Waals surface area contributed by atoms with Crippen LogP contribution in [0.15, 0.2) is 53.0 Å². The van der Waals surface area contributed by atoms with Crippen LogP contribution in [0, 0.1) is 16.7 Å². The average Bonchev–Trinajstić information content (AvgIpc) is 2.46. The van der Waals surface area contributed by atoms with E-state index in [1.54, 1.807) is 12.1 Å². The van der Waals surface area contributed by atoms with Gasteiger partial charge in [-0.3, -0.25) is 0 Å². The van der Waals surface area contributed by atoms with Crippen LogP contribution in [-0.4, -0.2) is 5.11 Å². The summed E-state index contributed by atoms with van der Waals surface area (Å²) in [6.07, 6.45) is 0. The van der Waals surface area contributed by atoms with Crippen LogP contribution in [0.2, 0.25) is 0 Å². The van der Waals surface area contributed by atoms with Crippen molar-refractivity contribution in [3.05, 3.63) is 69.7 Å². The highest BCUT2D eigenvalue weighted by Crippen LogP contribution is 2.47. The number of benzene rings is 2. The number of rotatable bonds is 2. The van der Waals surface area contributed by atoms with Crippen LogP contribution in [0.3, 0.4) is 0 Å². The fraction of sp³-hybridized carbons (Fsp3) is 0.278. The molecule has 2 nitrogen and oxygen atoms in total. The van der Waals surface area contributed by atoms with Gasteiger partial charge in [-0.2, -0.15) is 5.26 Å². The predicted molar refractivity (Wildman–Crippen MR) is 87.8 cm³/mol. The third-order valence-corrected chi connectivity index (χ3v) is 4.45. The maximum Gasteiger partial charge on any atom is 0.121 e. The molecule has 0 saturated heterocycles. The van der Waals surface area contributed by atoms with E-state index in [0.29, 0.717) is 11.1 Å². The van der Waals surface area contributed by atoms with Gasteiger partial charge in [0.2, 0.25) is 0 Å². The molecule has 3 heteroatoms. The lowest BCUT2D eigenvalue weighted by molar-refractivity contribution is -0.0265. The quantitative estimate of drug-likeness (QED) is 0.865. The van der Waals surface area contributed by atoms with Crippen molar-refractivity contribution in [2.24, 2.45) is 5.41 Å². The minimum atomic E-state index is -1.19. The average molecular weight is 344 g/mol. The molecule has 0 aliphatic heterocycles. The largest absolute Gasteiger partial charge is 0.380 e. The highest BCUT2D eigenvalue weighted by molar-refractivity contribution is 9.10. The van der Waals surface area contributed by atoms with E-state index < -0.39 is 11.0 Å². The molecule has 0 aromatic heterocycles. The van der Waals surface area contributed by atoms with Crippen LogP contribution < -0.4 is 0 Å². The Morgan fingerprint density at radius 1 is 1.05 bits per heavy atom. The second-order valence-corrected chi connectivity index (χ2v) is 6.99. The van der Waals surface area contributed by atoms with Gasteiger partial charge in [0.05, 0.1) is 11.6 Å². The molecular formula is C18H18BrNO. The number of aliphatic hydroxyl groups is 1. The fourth-order valence-corrected chi connectivity index (χ4v) is 3.08. The van der Waals surface area contributed by atoms with Crippen molar-refractivity contribution in [1.82, 2.24) is 0 Å². The van der Waals surface area contributed by atoms with Crippen molar-refractivity contribution >= 4 is 15.9 Å². The third kappa shape index (κ3) is 2.74. The molecule has 0 aliphatic rings. The Labute approximate surface area is 134 Å². The summed E-state index contributed by atoms with van der Waals surface area (Å²) in [5, 5.41) is 20.7.